The van der Waals surface area contributed by atoms with Crippen LogP contribution in [0.2, 0.25) is 5.02 Å². The van der Waals surface area contributed by atoms with Crippen molar-refractivity contribution >= 4 is 40.1 Å². The number of halogens is 1. The Morgan fingerprint density at radius 3 is 2.48 bits per heavy atom. The summed E-state index contributed by atoms with van der Waals surface area (Å²) in [7, 11) is 0. The van der Waals surface area contributed by atoms with Crippen LogP contribution in [-0.2, 0) is 11.3 Å². The number of amides is 3. The molecule has 1 N–H and O–H groups in total. The molecule has 0 bridgehead atoms. The van der Waals surface area contributed by atoms with E-state index in [9.17, 15) is 14.4 Å². The molecule has 160 valence electrons. The summed E-state index contributed by atoms with van der Waals surface area (Å²) in [6.45, 7) is 1.61. The summed E-state index contributed by atoms with van der Waals surface area (Å²) in [6.07, 6.45) is 0.637. The van der Waals surface area contributed by atoms with Crippen LogP contribution in [0.3, 0.4) is 0 Å². The third kappa shape index (κ3) is 4.83. The van der Waals surface area contributed by atoms with Gasteiger partial charge < -0.3 is 15.1 Å². The zero-order valence-corrected chi connectivity index (χ0v) is 17.5. The van der Waals surface area contributed by atoms with Gasteiger partial charge in [0.15, 0.2) is 0 Å². The number of benzene rings is 2. The Bertz CT molecular complexity index is 1160. The Labute approximate surface area is 183 Å². The maximum absolute atomic E-state index is 12.8. The Kier molecular flexibility index (Phi) is 6.13. The quantitative estimate of drug-likeness (QED) is 0.673. The Morgan fingerprint density at radius 2 is 1.68 bits per heavy atom. The maximum atomic E-state index is 12.8. The first-order valence-corrected chi connectivity index (χ1v) is 10.3. The number of carbonyl (C=O) groups is 2. The molecule has 0 radical (unpaired) electrons. The molecule has 1 fully saturated rings. The predicted molar refractivity (Wildman–Crippen MR) is 117 cm³/mol. The number of hydrogen-bond donors (Lipinski definition) is 1. The molecular weight excluding hydrogens is 420 g/mol. The minimum atomic E-state index is -0.349. The van der Waals surface area contributed by atoms with Crippen molar-refractivity contribution in [1.29, 1.82) is 0 Å². The minimum absolute atomic E-state index is 0.187. The van der Waals surface area contributed by atoms with Crippen LogP contribution >= 0.6 is 11.6 Å². The van der Waals surface area contributed by atoms with E-state index < -0.39 is 0 Å². The van der Waals surface area contributed by atoms with Crippen LogP contribution in [0.4, 0.5) is 10.5 Å². The molecule has 1 aliphatic rings. The molecule has 31 heavy (non-hydrogen) atoms. The van der Waals surface area contributed by atoms with E-state index >= 15 is 0 Å². The SMILES string of the molecule is O=C(Cn1nnc2ccccc2c1=O)N1CCCN(C(=O)Nc2ccc(Cl)cc2)CC1. The van der Waals surface area contributed by atoms with E-state index in [0.29, 0.717) is 54.2 Å². The second-order valence-corrected chi connectivity index (χ2v) is 7.66. The van der Waals surface area contributed by atoms with E-state index in [0.717, 1.165) is 4.68 Å². The van der Waals surface area contributed by atoms with Crippen LogP contribution in [0.1, 0.15) is 6.42 Å². The lowest BCUT2D eigenvalue weighted by molar-refractivity contribution is -0.132. The number of nitrogens with zero attached hydrogens (tertiary/aromatic N) is 5. The zero-order valence-electron chi connectivity index (χ0n) is 16.7. The monoisotopic (exact) mass is 440 g/mol. The lowest BCUT2D eigenvalue weighted by Gasteiger charge is -2.22. The van der Waals surface area contributed by atoms with Crippen LogP contribution in [-0.4, -0.2) is 62.9 Å². The Hall–Kier alpha value is -3.46. The number of rotatable bonds is 3. The van der Waals surface area contributed by atoms with Crippen molar-refractivity contribution in [2.45, 2.75) is 13.0 Å². The van der Waals surface area contributed by atoms with E-state index in [-0.39, 0.29) is 24.0 Å². The Morgan fingerprint density at radius 1 is 0.968 bits per heavy atom. The minimum Gasteiger partial charge on any atom is -0.339 e. The average molecular weight is 441 g/mol. The highest BCUT2D eigenvalue weighted by atomic mass is 35.5. The third-order valence-corrected chi connectivity index (χ3v) is 5.40. The van der Waals surface area contributed by atoms with Gasteiger partial charge in [0.25, 0.3) is 5.56 Å². The number of anilines is 1. The van der Waals surface area contributed by atoms with Crippen molar-refractivity contribution in [3.05, 3.63) is 63.9 Å². The van der Waals surface area contributed by atoms with Crippen LogP contribution < -0.4 is 10.9 Å². The van der Waals surface area contributed by atoms with Gasteiger partial charge in [-0.05, 0) is 42.8 Å². The van der Waals surface area contributed by atoms with Crippen LogP contribution in [0.5, 0.6) is 0 Å². The second-order valence-electron chi connectivity index (χ2n) is 7.23. The number of fused-ring (bicyclic) bond motifs is 1. The molecule has 0 unspecified atom stereocenters. The summed E-state index contributed by atoms with van der Waals surface area (Å²) in [6, 6.07) is 13.5. The fourth-order valence-corrected chi connectivity index (χ4v) is 3.59. The van der Waals surface area contributed by atoms with Crippen LogP contribution in [0.15, 0.2) is 53.3 Å². The molecule has 0 atom stereocenters. The smallest absolute Gasteiger partial charge is 0.321 e. The summed E-state index contributed by atoms with van der Waals surface area (Å²) in [4.78, 5) is 41.2. The molecule has 1 saturated heterocycles. The first-order valence-electron chi connectivity index (χ1n) is 9.93. The zero-order chi connectivity index (χ0) is 21.8. The maximum Gasteiger partial charge on any atom is 0.321 e. The van der Waals surface area contributed by atoms with Gasteiger partial charge in [-0.2, -0.15) is 0 Å². The highest BCUT2D eigenvalue weighted by molar-refractivity contribution is 6.30. The van der Waals surface area contributed by atoms with E-state index in [1.165, 1.54) is 0 Å². The topological polar surface area (TPSA) is 100 Å². The summed E-state index contributed by atoms with van der Waals surface area (Å²) in [5.74, 6) is -0.230. The molecule has 3 amide bonds. The highest BCUT2D eigenvalue weighted by Crippen LogP contribution is 2.14. The van der Waals surface area contributed by atoms with Crippen molar-refractivity contribution < 1.29 is 9.59 Å². The molecule has 0 aliphatic carbocycles. The van der Waals surface area contributed by atoms with Gasteiger partial charge >= 0.3 is 6.03 Å². The van der Waals surface area contributed by atoms with Gasteiger partial charge in [-0.25, -0.2) is 9.48 Å². The van der Waals surface area contributed by atoms with Crippen molar-refractivity contribution in [3.8, 4) is 0 Å². The van der Waals surface area contributed by atoms with Gasteiger partial charge in [0.05, 0.1) is 5.39 Å². The standard InChI is InChI=1S/C21H21ClN6O3/c22-15-6-8-16(9-7-15)23-21(31)27-11-3-10-26(12-13-27)19(29)14-28-20(30)17-4-1-2-5-18(17)24-25-28/h1-2,4-9H,3,10-14H2,(H,23,31). The number of carbonyl (C=O) groups excluding carboxylic acids is 2. The summed E-state index contributed by atoms with van der Waals surface area (Å²) in [5, 5.41) is 11.7. The van der Waals surface area contributed by atoms with E-state index in [1.54, 1.807) is 58.3 Å². The van der Waals surface area contributed by atoms with Gasteiger partial charge in [0, 0.05) is 36.9 Å². The largest absolute Gasteiger partial charge is 0.339 e. The van der Waals surface area contributed by atoms with Crippen molar-refractivity contribution in [3.63, 3.8) is 0 Å². The van der Waals surface area contributed by atoms with E-state index in [2.05, 4.69) is 15.6 Å². The molecule has 0 saturated carbocycles. The molecule has 4 rings (SSSR count). The molecular formula is C21H21ClN6O3. The van der Waals surface area contributed by atoms with Gasteiger partial charge in [0.2, 0.25) is 5.91 Å². The molecule has 1 aliphatic heterocycles. The fourth-order valence-electron chi connectivity index (χ4n) is 3.46. The number of nitrogens with one attached hydrogen (secondary N) is 1. The molecule has 10 heteroatoms. The normalized spacial score (nSPS) is 14.4. The fraction of sp³-hybridized carbons (Fsp3) is 0.286. The highest BCUT2D eigenvalue weighted by Gasteiger charge is 2.23. The molecule has 1 aromatic heterocycles. The lowest BCUT2D eigenvalue weighted by Crippen LogP contribution is -2.41. The summed E-state index contributed by atoms with van der Waals surface area (Å²) in [5.41, 5.74) is 0.798. The summed E-state index contributed by atoms with van der Waals surface area (Å²) < 4.78 is 1.08. The van der Waals surface area contributed by atoms with Crippen LogP contribution in [0.25, 0.3) is 10.9 Å². The molecule has 9 nitrogen and oxygen atoms in total. The predicted octanol–water partition coefficient (Wildman–Crippen LogP) is 2.21. The van der Waals surface area contributed by atoms with Gasteiger partial charge in [-0.1, -0.05) is 28.9 Å². The van der Waals surface area contributed by atoms with Crippen molar-refractivity contribution in [2.24, 2.45) is 0 Å². The van der Waals surface area contributed by atoms with Gasteiger partial charge in [-0.3, -0.25) is 9.59 Å². The molecule has 0 spiro atoms. The molecule has 3 aromatic rings. The number of aromatic nitrogens is 3. The number of hydrogen-bond acceptors (Lipinski definition) is 5. The number of urea groups is 1. The lowest BCUT2D eigenvalue weighted by atomic mass is 10.2. The third-order valence-electron chi connectivity index (χ3n) is 5.15. The summed E-state index contributed by atoms with van der Waals surface area (Å²) >= 11 is 5.87. The van der Waals surface area contributed by atoms with Crippen molar-refractivity contribution in [2.75, 3.05) is 31.5 Å². The second kappa shape index (κ2) is 9.13. The van der Waals surface area contributed by atoms with Gasteiger partial charge in [-0.15, -0.1) is 5.10 Å². The first-order chi connectivity index (χ1) is 15.0. The van der Waals surface area contributed by atoms with Gasteiger partial charge in [0.1, 0.15) is 12.1 Å². The first kappa shape index (κ1) is 20.8. The average Bonchev–Trinajstić information content (AvgIpc) is 3.04. The molecule has 2 heterocycles. The van der Waals surface area contributed by atoms with E-state index in [4.69, 9.17) is 11.6 Å². The van der Waals surface area contributed by atoms with Crippen molar-refractivity contribution in [1.82, 2.24) is 24.8 Å². The molecule has 2 aromatic carbocycles. The van der Waals surface area contributed by atoms with Crippen LogP contribution in [0, 0.1) is 0 Å². The van der Waals surface area contributed by atoms with E-state index in [1.807, 2.05) is 0 Å². The Balaban J connectivity index is 1.37.